The Labute approximate surface area is 139 Å². The first kappa shape index (κ1) is 14.6. The van der Waals surface area contributed by atoms with Gasteiger partial charge in [-0.05, 0) is 60.7 Å². The van der Waals surface area contributed by atoms with Gasteiger partial charge in [0.2, 0.25) is 11.9 Å². The van der Waals surface area contributed by atoms with E-state index in [0.29, 0.717) is 17.6 Å². The van der Waals surface area contributed by atoms with Gasteiger partial charge in [0.15, 0.2) is 0 Å². The van der Waals surface area contributed by atoms with Gasteiger partial charge in [-0.1, -0.05) is 12.1 Å². The maximum absolute atomic E-state index is 11.4. The van der Waals surface area contributed by atoms with Crippen molar-refractivity contribution in [3.8, 4) is 11.1 Å². The largest absolute Gasteiger partial charge is 0.366 e. The van der Waals surface area contributed by atoms with E-state index in [1.807, 2.05) is 43.5 Å². The minimum Gasteiger partial charge on any atom is -0.366 e. The van der Waals surface area contributed by atoms with Crippen molar-refractivity contribution in [1.29, 1.82) is 0 Å². The summed E-state index contributed by atoms with van der Waals surface area (Å²) in [5.74, 6) is 0.265. The number of anilines is 1. The molecule has 3 N–H and O–H groups in total. The fraction of sp³-hybridized carbons (Fsp3) is 0.211. The topological polar surface area (TPSA) is 80.9 Å². The predicted molar refractivity (Wildman–Crippen MR) is 94.9 cm³/mol. The van der Waals surface area contributed by atoms with E-state index >= 15 is 0 Å². The van der Waals surface area contributed by atoms with Crippen molar-refractivity contribution in [3.63, 3.8) is 0 Å². The number of carbonyl (C=O) groups is 1. The van der Waals surface area contributed by atoms with Gasteiger partial charge in [-0.3, -0.25) is 4.79 Å². The highest BCUT2D eigenvalue weighted by molar-refractivity contribution is 5.95. The summed E-state index contributed by atoms with van der Waals surface area (Å²) in [6.07, 6.45) is 4.22. The fourth-order valence-electron chi connectivity index (χ4n) is 2.77. The standard InChI is InChI=1S/C19H18N4O/c1-11-2-3-13(18(20)24)9-16(11)12-4-7-17-14(8-12)10-21-19(23-17)22-15-5-6-15/h2-4,7-10,15H,5-6H2,1H3,(H2,20,24)(H,21,22,23). The van der Waals surface area contributed by atoms with Crippen LogP contribution >= 0.6 is 0 Å². The van der Waals surface area contributed by atoms with Crippen molar-refractivity contribution in [2.75, 3.05) is 5.32 Å². The van der Waals surface area contributed by atoms with Crippen molar-refractivity contribution in [2.24, 2.45) is 5.73 Å². The molecule has 5 heteroatoms. The minimum atomic E-state index is -0.420. The summed E-state index contributed by atoms with van der Waals surface area (Å²) in [6.45, 7) is 2.02. The van der Waals surface area contributed by atoms with E-state index in [-0.39, 0.29) is 0 Å². The number of hydrogen-bond acceptors (Lipinski definition) is 4. The van der Waals surface area contributed by atoms with Gasteiger partial charge in [-0.2, -0.15) is 0 Å². The summed E-state index contributed by atoms with van der Waals surface area (Å²) in [6, 6.07) is 12.1. The number of hydrogen-bond donors (Lipinski definition) is 2. The molecule has 120 valence electrons. The Hall–Kier alpha value is -2.95. The number of fused-ring (bicyclic) bond motifs is 1. The zero-order valence-electron chi connectivity index (χ0n) is 13.4. The van der Waals surface area contributed by atoms with Crippen LogP contribution in [-0.4, -0.2) is 21.9 Å². The van der Waals surface area contributed by atoms with Gasteiger partial charge in [0.05, 0.1) is 5.52 Å². The van der Waals surface area contributed by atoms with E-state index in [9.17, 15) is 4.79 Å². The monoisotopic (exact) mass is 318 g/mol. The fourth-order valence-corrected chi connectivity index (χ4v) is 2.77. The van der Waals surface area contributed by atoms with Gasteiger partial charge in [-0.25, -0.2) is 9.97 Å². The lowest BCUT2D eigenvalue weighted by molar-refractivity contribution is 0.100. The molecule has 0 spiro atoms. The Balaban J connectivity index is 1.74. The van der Waals surface area contributed by atoms with Crippen LogP contribution in [0.2, 0.25) is 0 Å². The number of carbonyl (C=O) groups excluding carboxylic acids is 1. The lowest BCUT2D eigenvalue weighted by Crippen LogP contribution is -2.10. The van der Waals surface area contributed by atoms with Gasteiger partial charge >= 0.3 is 0 Å². The summed E-state index contributed by atoms with van der Waals surface area (Å²) in [5.41, 5.74) is 9.92. The molecule has 0 aliphatic heterocycles. The van der Waals surface area contributed by atoms with Crippen LogP contribution in [0.15, 0.2) is 42.6 Å². The molecule has 0 radical (unpaired) electrons. The number of primary amides is 1. The van der Waals surface area contributed by atoms with Crippen molar-refractivity contribution in [3.05, 3.63) is 53.7 Å². The van der Waals surface area contributed by atoms with Crippen molar-refractivity contribution in [2.45, 2.75) is 25.8 Å². The van der Waals surface area contributed by atoms with E-state index in [4.69, 9.17) is 5.73 Å². The number of rotatable bonds is 4. The van der Waals surface area contributed by atoms with E-state index in [2.05, 4.69) is 15.3 Å². The third-order valence-corrected chi connectivity index (χ3v) is 4.32. The van der Waals surface area contributed by atoms with Gasteiger partial charge in [0.25, 0.3) is 0 Å². The molecular weight excluding hydrogens is 300 g/mol. The molecule has 24 heavy (non-hydrogen) atoms. The third-order valence-electron chi connectivity index (χ3n) is 4.32. The number of aryl methyl sites for hydroxylation is 1. The van der Waals surface area contributed by atoms with Crippen molar-refractivity contribution >= 4 is 22.8 Å². The van der Waals surface area contributed by atoms with E-state index in [0.717, 1.165) is 27.6 Å². The lowest BCUT2D eigenvalue weighted by Gasteiger charge is -2.09. The van der Waals surface area contributed by atoms with Crippen LogP contribution in [0.25, 0.3) is 22.0 Å². The zero-order chi connectivity index (χ0) is 16.7. The van der Waals surface area contributed by atoms with Crippen molar-refractivity contribution in [1.82, 2.24) is 9.97 Å². The molecule has 4 rings (SSSR count). The minimum absolute atomic E-state index is 0.420. The Morgan fingerprint density at radius 2 is 2.04 bits per heavy atom. The normalized spacial score (nSPS) is 13.9. The zero-order valence-corrected chi connectivity index (χ0v) is 13.4. The molecule has 1 aliphatic rings. The molecule has 1 fully saturated rings. The molecular formula is C19H18N4O. The molecule has 1 aliphatic carbocycles. The second-order valence-electron chi connectivity index (χ2n) is 6.28. The van der Waals surface area contributed by atoms with Crippen LogP contribution in [0.5, 0.6) is 0 Å². The quantitative estimate of drug-likeness (QED) is 0.773. The van der Waals surface area contributed by atoms with E-state index in [1.54, 1.807) is 6.07 Å². The molecule has 0 unspecified atom stereocenters. The molecule has 1 aromatic heterocycles. The van der Waals surface area contributed by atoms with Gasteiger partial charge in [0, 0.05) is 23.2 Å². The molecule has 0 bridgehead atoms. The van der Waals surface area contributed by atoms with Crippen LogP contribution in [0, 0.1) is 6.92 Å². The number of nitrogens with one attached hydrogen (secondary N) is 1. The van der Waals surface area contributed by atoms with Crippen molar-refractivity contribution < 1.29 is 4.79 Å². The van der Waals surface area contributed by atoms with Gasteiger partial charge < -0.3 is 11.1 Å². The highest BCUT2D eigenvalue weighted by Crippen LogP contribution is 2.28. The van der Waals surface area contributed by atoms with Gasteiger partial charge in [0.1, 0.15) is 0 Å². The average Bonchev–Trinajstić information content (AvgIpc) is 3.38. The molecule has 2 aromatic carbocycles. The third kappa shape index (κ3) is 2.80. The second kappa shape index (κ2) is 5.60. The summed E-state index contributed by atoms with van der Waals surface area (Å²) in [5, 5.41) is 4.28. The lowest BCUT2D eigenvalue weighted by atomic mass is 9.97. The summed E-state index contributed by atoms with van der Waals surface area (Å²) >= 11 is 0. The molecule has 1 heterocycles. The summed E-state index contributed by atoms with van der Waals surface area (Å²) in [7, 11) is 0. The van der Waals surface area contributed by atoms with E-state index < -0.39 is 5.91 Å². The van der Waals surface area contributed by atoms with Gasteiger partial charge in [-0.15, -0.1) is 0 Å². The molecule has 5 nitrogen and oxygen atoms in total. The first-order valence-corrected chi connectivity index (χ1v) is 8.04. The van der Waals surface area contributed by atoms with Crippen LogP contribution in [-0.2, 0) is 0 Å². The predicted octanol–water partition coefficient (Wildman–Crippen LogP) is 3.28. The molecule has 0 saturated heterocycles. The highest BCUT2D eigenvalue weighted by Gasteiger charge is 2.21. The summed E-state index contributed by atoms with van der Waals surface area (Å²) in [4.78, 5) is 20.4. The Bertz CT molecular complexity index is 947. The SMILES string of the molecule is Cc1ccc(C(N)=O)cc1-c1ccc2nc(NC3CC3)ncc2c1. The Morgan fingerprint density at radius 1 is 1.21 bits per heavy atom. The smallest absolute Gasteiger partial charge is 0.248 e. The van der Waals surface area contributed by atoms with Crippen LogP contribution in [0.4, 0.5) is 5.95 Å². The van der Waals surface area contributed by atoms with Crippen LogP contribution < -0.4 is 11.1 Å². The summed E-state index contributed by atoms with van der Waals surface area (Å²) < 4.78 is 0. The van der Waals surface area contributed by atoms with Crippen LogP contribution in [0.1, 0.15) is 28.8 Å². The number of aromatic nitrogens is 2. The maximum atomic E-state index is 11.4. The van der Waals surface area contributed by atoms with Crippen LogP contribution in [0.3, 0.4) is 0 Å². The molecule has 1 amide bonds. The Morgan fingerprint density at radius 3 is 2.79 bits per heavy atom. The first-order valence-electron chi connectivity index (χ1n) is 8.04. The number of benzene rings is 2. The molecule has 3 aromatic rings. The number of amides is 1. The molecule has 1 saturated carbocycles. The van der Waals surface area contributed by atoms with E-state index in [1.165, 1.54) is 12.8 Å². The first-order chi connectivity index (χ1) is 11.6. The highest BCUT2D eigenvalue weighted by atomic mass is 16.1. The number of nitrogens with two attached hydrogens (primary N) is 1. The Kier molecular flexibility index (Phi) is 3.41. The second-order valence-corrected chi connectivity index (χ2v) is 6.28. The average molecular weight is 318 g/mol. The number of nitrogens with zero attached hydrogens (tertiary/aromatic N) is 2. The maximum Gasteiger partial charge on any atom is 0.248 e. The molecule has 0 atom stereocenters.